The Labute approximate surface area is 107 Å². The summed E-state index contributed by atoms with van der Waals surface area (Å²) in [6.07, 6.45) is -6.98. The highest BCUT2D eigenvalue weighted by molar-refractivity contribution is 6.31. The maximum atomic E-state index is 12.4. The number of aliphatic hydroxyl groups is 2. The molecule has 1 aromatic carbocycles. The second-order valence-corrected chi connectivity index (χ2v) is 4.21. The van der Waals surface area contributed by atoms with Gasteiger partial charge in [-0.05, 0) is 19.2 Å². The quantitative estimate of drug-likeness (QED) is 0.792. The van der Waals surface area contributed by atoms with Gasteiger partial charge in [0.2, 0.25) is 0 Å². The van der Waals surface area contributed by atoms with Crippen LogP contribution in [0.1, 0.15) is 17.2 Å². The van der Waals surface area contributed by atoms with E-state index in [9.17, 15) is 23.4 Å². The molecule has 0 heterocycles. The molecule has 0 fully saturated rings. The highest BCUT2D eigenvalue weighted by atomic mass is 35.5. The summed E-state index contributed by atoms with van der Waals surface area (Å²) in [5, 5.41) is 21.7. The van der Waals surface area contributed by atoms with E-state index in [0.29, 0.717) is 0 Å². The van der Waals surface area contributed by atoms with Gasteiger partial charge in [-0.2, -0.15) is 13.2 Å². The lowest BCUT2D eigenvalue weighted by atomic mass is 10.0. The predicted octanol–water partition coefficient (Wildman–Crippen LogP) is 1.97. The van der Waals surface area contributed by atoms with E-state index in [1.165, 1.54) is 0 Å². The standard InChI is InChI=1S/C11H13ClF3NO2/c1-16-5-9(17)10(18)7-3-2-6(4-8(7)12)11(13,14)15/h2-4,9-10,16-18H,5H2,1H3. The molecule has 0 aliphatic carbocycles. The van der Waals surface area contributed by atoms with E-state index in [-0.39, 0.29) is 17.1 Å². The van der Waals surface area contributed by atoms with Crippen molar-refractivity contribution in [2.45, 2.75) is 18.4 Å². The number of halogens is 4. The van der Waals surface area contributed by atoms with Crippen LogP contribution in [0, 0.1) is 0 Å². The van der Waals surface area contributed by atoms with Crippen LogP contribution in [0.2, 0.25) is 5.02 Å². The molecule has 0 saturated carbocycles. The molecule has 2 atom stereocenters. The summed E-state index contributed by atoms with van der Waals surface area (Å²) in [6.45, 7) is 0.0958. The second-order valence-electron chi connectivity index (χ2n) is 3.80. The first kappa shape index (κ1) is 15.2. The minimum Gasteiger partial charge on any atom is -0.389 e. The Morgan fingerprint density at radius 1 is 1.33 bits per heavy atom. The van der Waals surface area contributed by atoms with Crippen LogP contribution in [0.5, 0.6) is 0 Å². The van der Waals surface area contributed by atoms with Crippen molar-refractivity contribution in [3.8, 4) is 0 Å². The zero-order valence-corrected chi connectivity index (χ0v) is 10.3. The number of aliphatic hydroxyl groups excluding tert-OH is 2. The Morgan fingerprint density at radius 3 is 2.39 bits per heavy atom. The highest BCUT2D eigenvalue weighted by Crippen LogP contribution is 2.34. The minimum atomic E-state index is -4.49. The van der Waals surface area contributed by atoms with Gasteiger partial charge in [0.1, 0.15) is 6.10 Å². The molecule has 0 aromatic heterocycles. The lowest BCUT2D eigenvalue weighted by molar-refractivity contribution is -0.137. The van der Waals surface area contributed by atoms with Crippen molar-refractivity contribution >= 4 is 11.6 Å². The van der Waals surface area contributed by atoms with Crippen LogP contribution in [-0.2, 0) is 6.18 Å². The topological polar surface area (TPSA) is 52.5 Å². The number of nitrogens with one attached hydrogen (secondary N) is 1. The zero-order chi connectivity index (χ0) is 13.9. The van der Waals surface area contributed by atoms with Gasteiger partial charge in [-0.1, -0.05) is 17.7 Å². The molecule has 0 amide bonds. The average molecular weight is 284 g/mol. The third-order valence-electron chi connectivity index (χ3n) is 2.42. The van der Waals surface area contributed by atoms with Crippen molar-refractivity contribution in [3.63, 3.8) is 0 Å². The maximum Gasteiger partial charge on any atom is 0.416 e. The largest absolute Gasteiger partial charge is 0.416 e. The number of alkyl halides is 3. The summed E-state index contributed by atoms with van der Waals surface area (Å²) in [5.74, 6) is 0. The lowest BCUT2D eigenvalue weighted by Gasteiger charge is -2.19. The van der Waals surface area contributed by atoms with Crippen LogP contribution in [0.3, 0.4) is 0 Å². The second kappa shape index (κ2) is 5.88. The molecule has 18 heavy (non-hydrogen) atoms. The van der Waals surface area contributed by atoms with Crippen LogP contribution >= 0.6 is 11.6 Å². The maximum absolute atomic E-state index is 12.4. The summed E-state index contributed by atoms with van der Waals surface area (Å²) < 4.78 is 37.2. The summed E-state index contributed by atoms with van der Waals surface area (Å²) in [4.78, 5) is 0. The molecule has 0 saturated heterocycles. The van der Waals surface area contributed by atoms with Crippen LogP contribution in [0.25, 0.3) is 0 Å². The molecule has 2 unspecified atom stereocenters. The number of benzene rings is 1. The molecule has 7 heteroatoms. The Balaban J connectivity index is 2.99. The number of hydrogen-bond acceptors (Lipinski definition) is 3. The third kappa shape index (κ3) is 3.58. The van der Waals surface area contributed by atoms with Gasteiger partial charge in [-0.3, -0.25) is 0 Å². The van der Waals surface area contributed by atoms with Crippen LogP contribution in [0.4, 0.5) is 13.2 Å². The summed E-state index contributed by atoms with van der Waals surface area (Å²) in [5.41, 5.74) is -0.834. The summed E-state index contributed by atoms with van der Waals surface area (Å²) >= 11 is 5.68. The van der Waals surface area contributed by atoms with Crippen molar-refractivity contribution in [2.75, 3.05) is 13.6 Å². The van der Waals surface area contributed by atoms with E-state index >= 15 is 0 Å². The lowest BCUT2D eigenvalue weighted by Crippen LogP contribution is -2.29. The predicted molar refractivity (Wildman–Crippen MR) is 61.3 cm³/mol. The molecule has 3 N–H and O–H groups in total. The van der Waals surface area contributed by atoms with Gasteiger partial charge in [0.15, 0.2) is 0 Å². The molecule has 0 radical (unpaired) electrons. The summed E-state index contributed by atoms with van der Waals surface area (Å²) in [6, 6.07) is 2.61. The fourth-order valence-electron chi connectivity index (χ4n) is 1.47. The Morgan fingerprint density at radius 2 is 1.94 bits per heavy atom. The first-order chi connectivity index (χ1) is 8.27. The van der Waals surface area contributed by atoms with Gasteiger partial charge in [-0.25, -0.2) is 0 Å². The molecule has 0 spiro atoms. The molecule has 102 valence electrons. The molecular weight excluding hydrogens is 271 g/mol. The van der Waals surface area contributed by atoms with E-state index in [1.807, 2.05) is 0 Å². The van der Waals surface area contributed by atoms with E-state index in [0.717, 1.165) is 18.2 Å². The van der Waals surface area contributed by atoms with Gasteiger partial charge in [-0.15, -0.1) is 0 Å². The van der Waals surface area contributed by atoms with Crippen molar-refractivity contribution in [1.29, 1.82) is 0 Å². The smallest absolute Gasteiger partial charge is 0.389 e. The van der Waals surface area contributed by atoms with E-state index in [1.54, 1.807) is 7.05 Å². The number of rotatable bonds is 4. The Bertz CT molecular complexity index is 412. The fraction of sp³-hybridized carbons (Fsp3) is 0.455. The van der Waals surface area contributed by atoms with E-state index in [4.69, 9.17) is 11.6 Å². The summed E-state index contributed by atoms with van der Waals surface area (Å²) in [7, 11) is 1.57. The first-order valence-corrected chi connectivity index (χ1v) is 5.52. The number of hydrogen-bond donors (Lipinski definition) is 3. The Kier molecular flexibility index (Phi) is 4.98. The molecule has 1 rings (SSSR count). The van der Waals surface area contributed by atoms with Gasteiger partial charge in [0.25, 0.3) is 0 Å². The van der Waals surface area contributed by atoms with Crippen LogP contribution < -0.4 is 5.32 Å². The van der Waals surface area contributed by atoms with Crippen molar-refractivity contribution in [2.24, 2.45) is 0 Å². The van der Waals surface area contributed by atoms with Gasteiger partial charge in [0.05, 0.1) is 11.7 Å². The minimum absolute atomic E-state index is 0.0624. The van der Waals surface area contributed by atoms with Gasteiger partial charge >= 0.3 is 6.18 Å². The van der Waals surface area contributed by atoms with Crippen LogP contribution in [-0.4, -0.2) is 29.9 Å². The molecule has 1 aromatic rings. The van der Waals surface area contributed by atoms with Crippen molar-refractivity contribution in [1.82, 2.24) is 5.32 Å². The first-order valence-electron chi connectivity index (χ1n) is 5.14. The third-order valence-corrected chi connectivity index (χ3v) is 2.75. The van der Waals surface area contributed by atoms with E-state index < -0.39 is 23.9 Å². The van der Waals surface area contributed by atoms with Gasteiger partial charge < -0.3 is 15.5 Å². The molecule has 0 bridgehead atoms. The fourth-order valence-corrected chi connectivity index (χ4v) is 1.76. The zero-order valence-electron chi connectivity index (χ0n) is 9.50. The monoisotopic (exact) mass is 283 g/mol. The molecular formula is C11H13ClF3NO2. The Hall–Kier alpha value is -0.820. The van der Waals surface area contributed by atoms with Crippen LogP contribution in [0.15, 0.2) is 18.2 Å². The van der Waals surface area contributed by atoms with Crippen molar-refractivity contribution in [3.05, 3.63) is 34.3 Å². The molecule has 0 aliphatic heterocycles. The van der Waals surface area contributed by atoms with E-state index in [2.05, 4.69) is 5.32 Å². The SMILES string of the molecule is CNCC(O)C(O)c1ccc(C(F)(F)F)cc1Cl. The normalized spacial score (nSPS) is 15.5. The van der Waals surface area contributed by atoms with Crippen molar-refractivity contribution < 1.29 is 23.4 Å². The molecule has 3 nitrogen and oxygen atoms in total. The van der Waals surface area contributed by atoms with Gasteiger partial charge in [0, 0.05) is 17.1 Å². The number of likely N-dealkylation sites (N-methyl/N-ethyl adjacent to an activating group) is 1. The average Bonchev–Trinajstić information content (AvgIpc) is 2.27. The highest BCUT2D eigenvalue weighted by Gasteiger charge is 2.31. The molecule has 0 aliphatic rings.